The smallest absolute Gasteiger partial charge is 0.292 e. The van der Waals surface area contributed by atoms with Gasteiger partial charge in [0.15, 0.2) is 0 Å². The highest BCUT2D eigenvalue weighted by Gasteiger charge is 2.21. The Labute approximate surface area is 112 Å². The molecule has 1 rings (SSSR count). The topological polar surface area (TPSA) is 64.6 Å². The van der Waals surface area contributed by atoms with E-state index in [9.17, 15) is 9.59 Å². The van der Waals surface area contributed by atoms with Gasteiger partial charge in [0.25, 0.3) is 11.7 Å². The van der Waals surface area contributed by atoms with E-state index in [1.54, 1.807) is 12.1 Å². The lowest BCUT2D eigenvalue weighted by molar-refractivity contribution is -0.117. The van der Waals surface area contributed by atoms with Gasteiger partial charge in [0.1, 0.15) is 11.5 Å². The Kier molecular flexibility index (Phi) is 5.36. The first-order valence-corrected chi connectivity index (χ1v) is 6.04. The number of methoxy groups -OCH3 is 2. The van der Waals surface area contributed by atoms with Crippen molar-refractivity contribution < 1.29 is 19.1 Å². The van der Waals surface area contributed by atoms with Gasteiger partial charge in [-0.2, -0.15) is 0 Å². The molecule has 0 aliphatic rings. The van der Waals surface area contributed by atoms with Gasteiger partial charge in [-0.25, -0.2) is 0 Å². The molecule has 0 radical (unpaired) electrons. The second kappa shape index (κ2) is 6.78. The average molecular weight is 265 g/mol. The second-order valence-electron chi connectivity index (χ2n) is 4.50. The minimum atomic E-state index is -0.639. The summed E-state index contributed by atoms with van der Waals surface area (Å²) in [7, 11) is 2.94. The molecule has 0 unspecified atom stereocenters. The number of hydrogen-bond donors (Lipinski definition) is 1. The summed E-state index contributed by atoms with van der Waals surface area (Å²) in [6.07, 6.45) is 0. The van der Waals surface area contributed by atoms with Gasteiger partial charge in [-0.1, -0.05) is 13.8 Å². The summed E-state index contributed by atoms with van der Waals surface area (Å²) in [6, 6.07) is 4.76. The standard InChI is InChI=1S/C14H19NO4/c1-9(2)8-15-14(17)13(16)11-7-10(18-3)5-6-12(11)19-4/h5-7,9H,8H2,1-4H3,(H,15,17). The first-order chi connectivity index (χ1) is 8.99. The van der Waals surface area contributed by atoms with Crippen molar-refractivity contribution in [1.29, 1.82) is 0 Å². The number of carbonyl (C=O) groups excluding carboxylic acids is 2. The average Bonchev–Trinajstić information content (AvgIpc) is 2.42. The largest absolute Gasteiger partial charge is 0.497 e. The van der Waals surface area contributed by atoms with Crippen molar-refractivity contribution in [2.24, 2.45) is 5.92 Å². The maximum atomic E-state index is 12.1. The number of nitrogens with one attached hydrogen (secondary N) is 1. The van der Waals surface area contributed by atoms with Crippen LogP contribution in [-0.2, 0) is 4.79 Å². The molecular formula is C14H19NO4. The van der Waals surface area contributed by atoms with Gasteiger partial charge in [0.05, 0.1) is 19.8 Å². The molecule has 19 heavy (non-hydrogen) atoms. The minimum Gasteiger partial charge on any atom is -0.497 e. The SMILES string of the molecule is COc1ccc(OC)c(C(=O)C(=O)NCC(C)C)c1. The van der Waals surface area contributed by atoms with E-state index < -0.39 is 11.7 Å². The maximum absolute atomic E-state index is 12.1. The van der Waals surface area contributed by atoms with Crippen LogP contribution in [0.5, 0.6) is 11.5 Å². The third-order valence-corrected chi connectivity index (χ3v) is 2.53. The third kappa shape index (κ3) is 3.98. The molecular weight excluding hydrogens is 246 g/mol. The summed E-state index contributed by atoms with van der Waals surface area (Å²) in [5.41, 5.74) is 0.197. The van der Waals surface area contributed by atoms with E-state index in [4.69, 9.17) is 9.47 Å². The molecule has 1 N–H and O–H groups in total. The Bertz CT molecular complexity index is 469. The van der Waals surface area contributed by atoms with E-state index in [1.807, 2.05) is 13.8 Å². The van der Waals surface area contributed by atoms with E-state index in [-0.39, 0.29) is 11.5 Å². The fourth-order valence-electron chi connectivity index (χ4n) is 1.49. The molecule has 1 aromatic rings. The Balaban J connectivity index is 2.94. The van der Waals surface area contributed by atoms with Crippen molar-refractivity contribution in [2.45, 2.75) is 13.8 Å². The number of ketones is 1. The van der Waals surface area contributed by atoms with E-state index in [1.165, 1.54) is 20.3 Å². The van der Waals surface area contributed by atoms with Crippen LogP contribution in [0.4, 0.5) is 0 Å². The monoisotopic (exact) mass is 265 g/mol. The molecule has 0 aliphatic carbocycles. The first kappa shape index (κ1) is 15.0. The molecule has 1 amide bonds. The van der Waals surface area contributed by atoms with Crippen molar-refractivity contribution in [1.82, 2.24) is 5.32 Å². The van der Waals surface area contributed by atoms with Gasteiger partial charge in [0, 0.05) is 6.54 Å². The molecule has 0 saturated carbocycles. The lowest BCUT2D eigenvalue weighted by Crippen LogP contribution is -2.33. The lowest BCUT2D eigenvalue weighted by Gasteiger charge is -2.10. The van der Waals surface area contributed by atoms with Gasteiger partial charge in [0.2, 0.25) is 0 Å². The van der Waals surface area contributed by atoms with E-state index in [2.05, 4.69) is 5.32 Å². The number of benzene rings is 1. The van der Waals surface area contributed by atoms with Crippen LogP contribution in [0.3, 0.4) is 0 Å². The van der Waals surface area contributed by atoms with E-state index >= 15 is 0 Å². The predicted molar refractivity (Wildman–Crippen MR) is 71.7 cm³/mol. The summed E-state index contributed by atoms with van der Waals surface area (Å²) < 4.78 is 10.1. The number of amides is 1. The molecule has 5 nitrogen and oxygen atoms in total. The van der Waals surface area contributed by atoms with Crippen molar-refractivity contribution in [3.63, 3.8) is 0 Å². The highest BCUT2D eigenvalue weighted by Crippen LogP contribution is 2.24. The number of rotatable bonds is 6. The van der Waals surface area contributed by atoms with Crippen LogP contribution >= 0.6 is 0 Å². The van der Waals surface area contributed by atoms with E-state index in [0.717, 1.165) is 0 Å². The fraction of sp³-hybridized carbons (Fsp3) is 0.429. The molecule has 0 heterocycles. The zero-order chi connectivity index (χ0) is 14.4. The molecule has 0 atom stereocenters. The second-order valence-corrected chi connectivity index (χ2v) is 4.50. The van der Waals surface area contributed by atoms with Crippen molar-refractivity contribution in [3.05, 3.63) is 23.8 Å². The number of hydrogen-bond acceptors (Lipinski definition) is 4. The zero-order valence-corrected chi connectivity index (χ0v) is 11.6. The predicted octanol–water partition coefficient (Wildman–Crippen LogP) is 1.66. The Morgan fingerprint density at radius 1 is 1.21 bits per heavy atom. The van der Waals surface area contributed by atoms with Crippen LogP contribution in [0.2, 0.25) is 0 Å². The molecule has 0 bridgehead atoms. The number of Topliss-reactive ketones (excluding diaryl/α,β-unsaturated/α-hetero) is 1. The van der Waals surface area contributed by atoms with Gasteiger partial charge < -0.3 is 14.8 Å². The molecule has 0 aliphatic heterocycles. The molecule has 5 heteroatoms. The minimum absolute atomic E-state index is 0.197. The molecule has 0 aromatic heterocycles. The number of carbonyl (C=O) groups is 2. The summed E-state index contributed by atoms with van der Waals surface area (Å²) in [5.74, 6) is -0.132. The normalized spacial score (nSPS) is 10.2. The third-order valence-electron chi connectivity index (χ3n) is 2.53. The zero-order valence-electron chi connectivity index (χ0n) is 11.6. The Morgan fingerprint density at radius 2 is 1.89 bits per heavy atom. The Morgan fingerprint density at radius 3 is 2.42 bits per heavy atom. The number of ether oxygens (including phenoxy) is 2. The van der Waals surface area contributed by atoms with Gasteiger partial charge in [-0.05, 0) is 24.1 Å². The van der Waals surface area contributed by atoms with Gasteiger partial charge >= 0.3 is 0 Å². The molecule has 0 fully saturated rings. The van der Waals surface area contributed by atoms with Crippen molar-refractivity contribution >= 4 is 11.7 Å². The Hall–Kier alpha value is -2.04. The molecule has 104 valence electrons. The van der Waals surface area contributed by atoms with Crippen LogP contribution in [0.15, 0.2) is 18.2 Å². The highest BCUT2D eigenvalue weighted by atomic mass is 16.5. The summed E-state index contributed by atoms with van der Waals surface area (Å²) in [6.45, 7) is 4.37. The highest BCUT2D eigenvalue weighted by molar-refractivity contribution is 6.43. The molecule has 1 aromatic carbocycles. The fourth-order valence-corrected chi connectivity index (χ4v) is 1.49. The van der Waals surface area contributed by atoms with Crippen molar-refractivity contribution in [3.8, 4) is 11.5 Å². The lowest BCUT2D eigenvalue weighted by atomic mass is 10.1. The quantitative estimate of drug-likeness (QED) is 0.627. The maximum Gasteiger partial charge on any atom is 0.292 e. The van der Waals surface area contributed by atoms with Crippen LogP contribution in [0.25, 0.3) is 0 Å². The molecule has 0 saturated heterocycles. The van der Waals surface area contributed by atoms with Crippen LogP contribution in [0, 0.1) is 5.92 Å². The van der Waals surface area contributed by atoms with E-state index in [0.29, 0.717) is 18.0 Å². The van der Waals surface area contributed by atoms with Gasteiger partial charge in [-0.15, -0.1) is 0 Å². The van der Waals surface area contributed by atoms with Gasteiger partial charge in [-0.3, -0.25) is 9.59 Å². The van der Waals surface area contributed by atoms with Crippen LogP contribution in [0.1, 0.15) is 24.2 Å². The first-order valence-electron chi connectivity index (χ1n) is 6.04. The van der Waals surface area contributed by atoms with Crippen LogP contribution < -0.4 is 14.8 Å². The molecule has 0 spiro atoms. The summed E-state index contributed by atoms with van der Waals surface area (Å²) >= 11 is 0. The van der Waals surface area contributed by atoms with Crippen LogP contribution in [-0.4, -0.2) is 32.5 Å². The summed E-state index contributed by atoms with van der Waals surface area (Å²) in [4.78, 5) is 23.8. The summed E-state index contributed by atoms with van der Waals surface area (Å²) in [5, 5.41) is 2.58. The van der Waals surface area contributed by atoms with Crippen molar-refractivity contribution in [2.75, 3.05) is 20.8 Å².